The molecule has 0 saturated carbocycles. The fourth-order valence-electron chi connectivity index (χ4n) is 3.75. The molecule has 1 amide bonds. The second-order valence-electron chi connectivity index (χ2n) is 6.29. The van der Waals surface area contributed by atoms with E-state index in [0.717, 1.165) is 17.7 Å². The maximum absolute atomic E-state index is 13.9. The molecule has 7 nitrogen and oxygen atoms in total. The Balaban J connectivity index is 2.02. The fraction of sp³-hybridized carbons (Fsp3) is 0.278. The Morgan fingerprint density at radius 2 is 2.08 bits per heavy atom. The molecule has 2 aromatic rings. The van der Waals surface area contributed by atoms with Crippen molar-refractivity contribution in [3.63, 3.8) is 0 Å². The minimum Gasteiger partial charge on any atom is -0.496 e. The highest BCUT2D eigenvalue weighted by Crippen LogP contribution is 2.44. The molecule has 2 aliphatic rings. The van der Waals surface area contributed by atoms with Gasteiger partial charge in [0.25, 0.3) is 0 Å². The summed E-state index contributed by atoms with van der Waals surface area (Å²) >= 11 is 0. The Bertz CT molecular complexity index is 945. The Kier molecular flexibility index (Phi) is 3.84. The SMILES string of the molecule is COc1ccc(F)cc1-c1cc2c(c3c1CCNC3)NC(=O)C2[N+](=O)[O-]. The Morgan fingerprint density at radius 1 is 1.27 bits per heavy atom. The van der Waals surface area contributed by atoms with Crippen LogP contribution < -0.4 is 15.4 Å². The van der Waals surface area contributed by atoms with Gasteiger partial charge in [-0.25, -0.2) is 4.39 Å². The number of amides is 1. The number of nitro groups is 1. The largest absolute Gasteiger partial charge is 0.496 e. The van der Waals surface area contributed by atoms with Gasteiger partial charge in [-0.2, -0.15) is 0 Å². The second-order valence-corrected chi connectivity index (χ2v) is 6.29. The van der Waals surface area contributed by atoms with E-state index in [1.807, 2.05) is 0 Å². The van der Waals surface area contributed by atoms with E-state index >= 15 is 0 Å². The van der Waals surface area contributed by atoms with E-state index in [2.05, 4.69) is 10.6 Å². The summed E-state index contributed by atoms with van der Waals surface area (Å²) in [7, 11) is 1.49. The first-order valence-corrected chi connectivity index (χ1v) is 8.19. The minimum atomic E-state index is -1.46. The lowest BCUT2D eigenvalue weighted by Gasteiger charge is -2.24. The zero-order valence-electron chi connectivity index (χ0n) is 14.0. The lowest BCUT2D eigenvalue weighted by molar-refractivity contribution is -0.511. The third-order valence-electron chi connectivity index (χ3n) is 4.89. The zero-order valence-corrected chi connectivity index (χ0v) is 14.0. The molecule has 1 atom stereocenters. The predicted molar refractivity (Wildman–Crippen MR) is 92.2 cm³/mol. The van der Waals surface area contributed by atoms with Crippen molar-refractivity contribution in [3.05, 3.63) is 56.9 Å². The van der Waals surface area contributed by atoms with Crippen LogP contribution in [-0.4, -0.2) is 24.5 Å². The molecule has 0 saturated heterocycles. The Hall–Kier alpha value is -3.00. The van der Waals surface area contributed by atoms with E-state index in [1.165, 1.54) is 25.3 Å². The molecule has 2 N–H and O–H groups in total. The van der Waals surface area contributed by atoms with E-state index in [1.54, 1.807) is 6.07 Å². The highest BCUT2D eigenvalue weighted by atomic mass is 19.1. The monoisotopic (exact) mass is 357 g/mol. The topological polar surface area (TPSA) is 93.5 Å². The Labute approximate surface area is 148 Å². The summed E-state index contributed by atoms with van der Waals surface area (Å²) in [5.74, 6) is -0.604. The molecular formula is C18H16FN3O4. The lowest BCUT2D eigenvalue weighted by Crippen LogP contribution is -2.25. The van der Waals surface area contributed by atoms with Crippen LogP contribution in [0.5, 0.6) is 5.75 Å². The molecule has 0 spiro atoms. The molecule has 134 valence electrons. The maximum Gasteiger partial charge on any atom is 0.317 e. The number of anilines is 1. The molecular weight excluding hydrogens is 341 g/mol. The highest BCUT2D eigenvalue weighted by Gasteiger charge is 2.43. The average Bonchev–Trinajstić information content (AvgIpc) is 2.97. The van der Waals surface area contributed by atoms with Gasteiger partial charge >= 0.3 is 11.9 Å². The van der Waals surface area contributed by atoms with Crippen molar-refractivity contribution >= 4 is 11.6 Å². The number of benzene rings is 2. The third kappa shape index (κ3) is 2.41. The zero-order chi connectivity index (χ0) is 18.4. The quantitative estimate of drug-likeness (QED) is 0.650. The number of fused-ring (bicyclic) bond motifs is 3. The van der Waals surface area contributed by atoms with Gasteiger partial charge in [0.15, 0.2) is 0 Å². The van der Waals surface area contributed by atoms with Gasteiger partial charge in [0.1, 0.15) is 11.6 Å². The van der Waals surface area contributed by atoms with E-state index in [0.29, 0.717) is 41.1 Å². The molecule has 0 bridgehead atoms. The summed E-state index contributed by atoms with van der Waals surface area (Å²) in [5.41, 5.74) is 3.75. The van der Waals surface area contributed by atoms with E-state index in [-0.39, 0.29) is 0 Å². The number of hydrogen-bond donors (Lipinski definition) is 2. The van der Waals surface area contributed by atoms with Crippen LogP contribution in [0.15, 0.2) is 24.3 Å². The standard InChI is InChI=1S/C18H16FN3O4/c1-26-15-3-2-9(19)6-12(15)11-7-13-16(14-8-20-5-4-10(11)14)21-18(23)17(13)22(24)25/h2-3,6-7,17,20H,4-5,8H2,1H3,(H,21,23). The van der Waals surface area contributed by atoms with E-state index < -0.39 is 22.7 Å². The number of nitrogens with zero attached hydrogens (tertiary/aromatic N) is 1. The summed E-state index contributed by atoms with van der Waals surface area (Å²) in [6.45, 7) is 1.21. The van der Waals surface area contributed by atoms with Crippen LogP contribution >= 0.6 is 0 Å². The maximum atomic E-state index is 13.9. The second kappa shape index (κ2) is 6.06. The first kappa shape index (κ1) is 16.5. The smallest absolute Gasteiger partial charge is 0.317 e. The summed E-state index contributed by atoms with van der Waals surface area (Å²) in [6, 6.07) is 4.35. The first-order valence-electron chi connectivity index (χ1n) is 8.19. The van der Waals surface area contributed by atoms with Crippen LogP contribution in [0.4, 0.5) is 10.1 Å². The molecule has 8 heteroatoms. The van der Waals surface area contributed by atoms with Crippen LogP contribution in [0, 0.1) is 15.9 Å². The van der Waals surface area contributed by atoms with Gasteiger partial charge in [-0.3, -0.25) is 14.9 Å². The van der Waals surface area contributed by atoms with Gasteiger partial charge in [0.05, 0.1) is 18.4 Å². The van der Waals surface area contributed by atoms with Crippen molar-refractivity contribution in [1.29, 1.82) is 0 Å². The predicted octanol–water partition coefficient (Wildman–Crippen LogP) is 2.42. The molecule has 2 heterocycles. The summed E-state index contributed by atoms with van der Waals surface area (Å²) in [4.78, 5) is 22.9. The number of hydrogen-bond acceptors (Lipinski definition) is 5. The average molecular weight is 357 g/mol. The van der Waals surface area contributed by atoms with Gasteiger partial charge in [0, 0.05) is 17.0 Å². The van der Waals surface area contributed by atoms with Gasteiger partial charge in [-0.1, -0.05) is 0 Å². The molecule has 2 aliphatic heterocycles. The van der Waals surface area contributed by atoms with Crippen LogP contribution in [0.25, 0.3) is 11.1 Å². The molecule has 26 heavy (non-hydrogen) atoms. The van der Waals surface area contributed by atoms with Gasteiger partial charge in [-0.15, -0.1) is 0 Å². The van der Waals surface area contributed by atoms with Crippen LogP contribution in [0.3, 0.4) is 0 Å². The van der Waals surface area contributed by atoms with Crippen molar-refractivity contribution in [3.8, 4) is 16.9 Å². The van der Waals surface area contributed by atoms with Crippen LogP contribution in [0.2, 0.25) is 0 Å². The number of rotatable bonds is 3. The van der Waals surface area contributed by atoms with Crippen molar-refractivity contribution < 1.29 is 18.8 Å². The fourth-order valence-corrected chi connectivity index (χ4v) is 3.75. The van der Waals surface area contributed by atoms with Crippen molar-refractivity contribution in [2.24, 2.45) is 0 Å². The van der Waals surface area contributed by atoms with Crippen LogP contribution in [-0.2, 0) is 17.8 Å². The molecule has 0 radical (unpaired) electrons. The number of nitrogens with one attached hydrogen (secondary N) is 2. The van der Waals surface area contributed by atoms with Crippen LogP contribution in [0.1, 0.15) is 22.7 Å². The highest BCUT2D eigenvalue weighted by molar-refractivity contribution is 6.04. The van der Waals surface area contributed by atoms with Gasteiger partial charge < -0.3 is 15.4 Å². The summed E-state index contributed by atoms with van der Waals surface area (Å²) < 4.78 is 19.3. The number of halogens is 1. The van der Waals surface area contributed by atoms with E-state index in [9.17, 15) is 19.3 Å². The van der Waals surface area contributed by atoms with Gasteiger partial charge in [0.2, 0.25) is 0 Å². The normalized spacial score (nSPS) is 18.1. The molecule has 1 unspecified atom stereocenters. The number of carbonyl (C=O) groups excluding carboxylic acids is 1. The van der Waals surface area contributed by atoms with Crippen molar-refractivity contribution in [1.82, 2.24) is 5.32 Å². The molecule has 0 aliphatic carbocycles. The Morgan fingerprint density at radius 3 is 2.81 bits per heavy atom. The molecule has 0 aromatic heterocycles. The van der Waals surface area contributed by atoms with E-state index in [4.69, 9.17) is 4.74 Å². The summed E-state index contributed by atoms with van der Waals surface area (Å²) in [6.07, 6.45) is 0.663. The lowest BCUT2D eigenvalue weighted by atomic mass is 9.87. The third-order valence-corrected chi connectivity index (χ3v) is 4.89. The minimum absolute atomic E-state index is 0.309. The molecule has 0 fully saturated rings. The van der Waals surface area contributed by atoms with Gasteiger partial charge in [-0.05, 0) is 53.9 Å². The summed E-state index contributed by atoms with van der Waals surface area (Å²) in [5, 5.41) is 17.3. The number of carbonyl (C=O) groups is 1. The number of ether oxygens (including phenoxy) is 1. The first-order chi connectivity index (χ1) is 12.5. The van der Waals surface area contributed by atoms with Crippen molar-refractivity contribution in [2.45, 2.75) is 19.0 Å². The number of methoxy groups -OCH3 is 1. The molecule has 2 aromatic carbocycles. The molecule has 4 rings (SSSR count). The van der Waals surface area contributed by atoms with Crippen molar-refractivity contribution in [2.75, 3.05) is 19.0 Å².